The van der Waals surface area contributed by atoms with Crippen LogP contribution in [0.3, 0.4) is 0 Å². The van der Waals surface area contributed by atoms with E-state index in [1.54, 1.807) is 12.1 Å². The van der Waals surface area contributed by atoms with E-state index in [0.717, 1.165) is 30.0 Å². The number of hydrogen-bond donors (Lipinski definition) is 0. The summed E-state index contributed by atoms with van der Waals surface area (Å²) in [6, 6.07) is 20.5. The monoisotopic (exact) mass is 329 g/mol. The standard InChI is InChI=1S/C22H19NO2/c1-2-3-4-16-5-8-18(9-6-16)22(24)25-21-12-11-19-13-17(15-23)7-10-20(19)14-21/h5-14H,2-4H2,1H3. The van der Waals surface area contributed by atoms with Crippen molar-refractivity contribution >= 4 is 16.7 Å². The maximum atomic E-state index is 12.3. The normalized spacial score (nSPS) is 10.4. The number of rotatable bonds is 5. The molecule has 3 nitrogen and oxygen atoms in total. The predicted molar refractivity (Wildman–Crippen MR) is 98.7 cm³/mol. The second kappa shape index (κ2) is 7.63. The van der Waals surface area contributed by atoms with E-state index in [-0.39, 0.29) is 5.97 Å². The molecular formula is C22H19NO2. The minimum absolute atomic E-state index is 0.366. The summed E-state index contributed by atoms with van der Waals surface area (Å²) in [7, 11) is 0. The maximum Gasteiger partial charge on any atom is 0.343 e. The van der Waals surface area contributed by atoms with Crippen molar-refractivity contribution in [1.82, 2.24) is 0 Å². The van der Waals surface area contributed by atoms with Crippen LogP contribution in [0.5, 0.6) is 5.75 Å². The Kier molecular flexibility index (Phi) is 5.11. The molecule has 0 aliphatic heterocycles. The van der Waals surface area contributed by atoms with Crippen LogP contribution in [0.2, 0.25) is 0 Å². The number of carbonyl (C=O) groups excluding carboxylic acids is 1. The first-order valence-corrected chi connectivity index (χ1v) is 8.44. The minimum Gasteiger partial charge on any atom is -0.423 e. The first-order chi connectivity index (χ1) is 12.2. The summed E-state index contributed by atoms with van der Waals surface area (Å²) in [5, 5.41) is 10.8. The molecule has 0 aromatic heterocycles. The van der Waals surface area contributed by atoms with Gasteiger partial charge in [0.05, 0.1) is 17.2 Å². The van der Waals surface area contributed by atoms with Crippen molar-refractivity contribution < 1.29 is 9.53 Å². The summed E-state index contributed by atoms with van der Waals surface area (Å²) >= 11 is 0. The van der Waals surface area contributed by atoms with Crippen LogP contribution >= 0.6 is 0 Å². The highest BCUT2D eigenvalue weighted by atomic mass is 16.5. The number of hydrogen-bond acceptors (Lipinski definition) is 3. The number of ether oxygens (including phenoxy) is 1. The topological polar surface area (TPSA) is 50.1 Å². The van der Waals surface area contributed by atoms with Crippen LogP contribution in [0.1, 0.15) is 41.3 Å². The molecule has 0 spiro atoms. The van der Waals surface area contributed by atoms with Crippen LogP contribution in [0.4, 0.5) is 0 Å². The molecule has 0 bridgehead atoms. The van der Waals surface area contributed by atoms with Crippen molar-refractivity contribution in [2.24, 2.45) is 0 Å². The van der Waals surface area contributed by atoms with Gasteiger partial charge in [0, 0.05) is 0 Å². The third-order valence-corrected chi connectivity index (χ3v) is 4.16. The fraction of sp³-hybridized carbons (Fsp3) is 0.182. The van der Waals surface area contributed by atoms with E-state index in [4.69, 9.17) is 10.00 Å². The average molecular weight is 329 g/mol. The van der Waals surface area contributed by atoms with E-state index in [0.29, 0.717) is 16.9 Å². The molecule has 0 aliphatic carbocycles. The van der Waals surface area contributed by atoms with Crippen LogP contribution in [0, 0.1) is 11.3 Å². The van der Waals surface area contributed by atoms with E-state index >= 15 is 0 Å². The lowest BCUT2D eigenvalue weighted by atomic mass is 10.1. The molecule has 3 rings (SSSR count). The molecule has 0 saturated heterocycles. The van der Waals surface area contributed by atoms with Crippen molar-refractivity contribution in [3.05, 3.63) is 77.4 Å². The molecule has 0 unspecified atom stereocenters. The molecule has 0 saturated carbocycles. The van der Waals surface area contributed by atoms with Crippen molar-refractivity contribution in [2.45, 2.75) is 26.2 Å². The molecule has 0 N–H and O–H groups in total. The number of nitriles is 1. The number of benzene rings is 3. The van der Waals surface area contributed by atoms with Gasteiger partial charge < -0.3 is 4.74 Å². The zero-order chi connectivity index (χ0) is 17.6. The van der Waals surface area contributed by atoms with E-state index in [2.05, 4.69) is 13.0 Å². The lowest BCUT2D eigenvalue weighted by Crippen LogP contribution is -2.08. The first-order valence-electron chi connectivity index (χ1n) is 8.44. The smallest absolute Gasteiger partial charge is 0.343 e. The van der Waals surface area contributed by atoms with Crippen molar-refractivity contribution in [3.8, 4) is 11.8 Å². The molecular weight excluding hydrogens is 310 g/mol. The summed E-state index contributed by atoms with van der Waals surface area (Å²) in [6.07, 6.45) is 3.33. The zero-order valence-electron chi connectivity index (χ0n) is 14.2. The lowest BCUT2D eigenvalue weighted by Gasteiger charge is -2.07. The van der Waals surface area contributed by atoms with Crippen LogP contribution in [-0.4, -0.2) is 5.97 Å². The third-order valence-electron chi connectivity index (χ3n) is 4.16. The largest absolute Gasteiger partial charge is 0.423 e. The summed E-state index contributed by atoms with van der Waals surface area (Å²) in [6.45, 7) is 2.16. The molecule has 3 heteroatoms. The summed E-state index contributed by atoms with van der Waals surface area (Å²) < 4.78 is 5.48. The van der Waals surface area contributed by atoms with Gasteiger partial charge >= 0.3 is 5.97 Å². The average Bonchev–Trinajstić information content (AvgIpc) is 2.66. The van der Waals surface area contributed by atoms with Crippen molar-refractivity contribution in [3.63, 3.8) is 0 Å². The van der Waals surface area contributed by atoms with Gasteiger partial charge in [0.1, 0.15) is 5.75 Å². The number of fused-ring (bicyclic) bond motifs is 1. The Hall–Kier alpha value is -3.12. The molecule has 0 fully saturated rings. The van der Waals surface area contributed by atoms with Crippen molar-refractivity contribution in [2.75, 3.05) is 0 Å². The van der Waals surface area contributed by atoms with Crippen LogP contribution < -0.4 is 4.74 Å². The molecule has 3 aromatic carbocycles. The first kappa shape index (κ1) is 16.7. The summed E-state index contributed by atoms with van der Waals surface area (Å²) in [5.41, 5.74) is 2.39. The minimum atomic E-state index is -0.366. The van der Waals surface area contributed by atoms with Crippen molar-refractivity contribution in [1.29, 1.82) is 5.26 Å². The Morgan fingerprint density at radius 1 is 1.00 bits per heavy atom. The lowest BCUT2D eigenvalue weighted by molar-refractivity contribution is 0.0735. The van der Waals surface area contributed by atoms with E-state index < -0.39 is 0 Å². The van der Waals surface area contributed by atoms with Gasteiger partial charge in [-0.3, -0.25) is 0 Å². The number of aryl methyl sites for hydroxylation is 1. The Morgan fingerprint density at radius 2 is 1.72 bits per heavy atom. The SMILES string of the molecule is CCCCc1ccc(C(=O)Oc2ccc3cc(C#N)ccc3c2)cc1. The number of esters is 1. The second-order valence-corrected chi connectivity index (χ2v) is 6.03. The highest BCUT2D eigenvalue weighted by Crippen LogP contribution is 2.23. The Labute approximate surface area is 147 Å². The zero-order valence-corrected chi connectivity index (χ0v) is 14.2. The van der Waals surface area contributed by atoms with Gasteiger partial charge in [0.15, 0.2) is 0 Å². The fourth-order valence-electron chi connectivity index (χ4n) is 2.71. The van der Waals surface area contributed by atoms with Gasteiger partial charge in [-0.15, -0.1) is 0 Å². The van der Waals surface area contributed by atoms with E-state index in [1.165, 1.54) is 5.56 Å². The van der Waals surface area contributed by atoms with Gasteiger partial charge in [-0.2, -0.15) is 5.26 Å². The Bertz CT molecular complexity index is 936. The summed E-state index contributed by atoms with van der Waals surface area (Å²) in [5.74, 6) is 0.132. The van der Waals surface area contributed by atoms with Crippen LogP contribution in [0.25, 0.3) is 10.8 Å². The third kappa shape index (κ3) is 4.05. The molecule has 25 heavy (non-hydrogen) atoms. The Morgan fingerprint density at radius 3 is 2.44 bits per heavy atom. The highest BCUT2D eigenvalue weighted by molar-refractivity contribution is 5.92. The fourth-order valence-corrected chi connectivity index (χ4v) is 2.71. The molecule has 3 aromatic rings. The molecule has 0 radical (unpaired) electrons. The number of unbranched alkanes of at least 4 members (excludes halogenated alkanes) is 1. The van der Waals surface area contributed by atoms with Gasteiger partial charge in [-0.1, -0.05) is 37.6 Å². The molecule has 0 heterocycles. The highest BCUT2D eigenvalue weighted by Gasteiger charge is 2.09. The second-order valence-electron chi connectivity index (χ2n) is 6.03. The summed E-state index contributed by atoms with van der Waals surface area (Å²) in [4.78, 5) is 12.3. The van der Waals surface area contributed by atoms with Crippen LogP contribution in [-0.2, 0) is 6.42 Å². The Balaban J connectivity index is 1.74. The molecule has 0 aliphatic rings. The maximum absolute atomic E-state index is 12.3. The van der Waals surface area contributed by atoms with Gasteiger partial charge in [0.25, 0.3) is 0 Å². The van der Waals surface area contributed by atoms with Crippen LogP contribution in [0.15, 0.2) is 60.7 Å². The molecule has 124 valence electrons. The molecule has 0 amide bonds. The molecule has 0 atom stereocenters. The van der Waals surface area contributed by atoms with Gasteiger partial charge in [0.2, 0.25) is 0 Å². The quantitative estimate of drug-likeness (QED) is 0.473. The number of carbonyl (C=O) groups is 1. The predicted octanol–water partition coefficient (Wildman–Crippen LogP) is 5.27. The van der Waals surface area contributed by atoms with Gasteiger partial charge in [-0.25, -0.2) is 4.79 Å². The number of nitrogens with zero attached hydrogens (tertiary/aromatic N) is 1. The van der Waals surface area contributed by atoms with E-state index in [1.807, 2.05) is 48.5 Å². The van der Waals surface area contributed by atoms with Gasteiger partial charge in [-0.05, 0) is 65.6 Å². The van der Waals surface area contributed by atoms with E-state index in [9.17, 15) is 4.79 Å².